The van der Waals surface area contributed by atoms with Crippen molar-refractivity contribution in [1.82, 2.24) is 9.78 Å². The fourth-order valence-corrected chi connectivity index (χ4v) is 1.82. The molecule has 0 bridgehead atoms. The van der Waals surface area contributed by atoms with Gasteiger partial charge in [0.25, 0.3) is 0 Å². The number of aromatic nitrogens is 2. The van der Waals surface area contributed by atoms with Crippen LogP contribution in [0, 0.1) is 0 Å². The molecule has 0 fully saturated rings. The van der Waals surface area contributed by atoms with Gasteiger partial charge in [-0.05, 0) is 5.25 Å². The number of rotatable bonds is 5. The SMILES string of the molecule is COc1cnn(C)c1C(=O)CSC(C)C. The minimum atomic E-state index is 0.0607. The van der Waals surface area contributed by atoms with Crippen LogP contribution < -0.4 is 4.74 Å². The second kappa shape index (κ2) is 5.21. The number of ether oxygens (including phenoxy) is 1. The number of thioether (sulfide) groups is 1. The fraction of sp³-hybridized carbons (Fsp3) is 0.600. The zero-order chi connectivity index (χ0) is 11.4. The number of methoxy groups -OCH3 is 1. The van der Waals surface area contributed by atoms with Crippen LogP contribution in [-0.4, -0.2) is 33.7 Å². The van der Waals surface area contributed by atoms with Crippen LogP contribution in [-0.2, 0) is 7.05 Å². The lowest BCUT2D eigenvalue weighted by atomic mass is 10.3. The van der Waals surface area contributed by atoms with E-state index in [1.807, 2.05) is 0 Å². The summed E-state index contributed by atoms with van der Waals surface area (Å²) in [6.07, 6.45) is 1.56. The van der Waals surface area contributed by atoms with Crippen LogP contribution in [0.4, 0.5) is 0 Å². The minimum absolute atomic E-state index is 0.0607. The number of ketones is 1. The molecule has 1 heterocycles. The molecule has 0 radical (unpaired) electrons. The topological polar surface area (TPSA) is 44.1 Å². The summed E-state index contributed by atoms with van der Waals surface area (Å²) >= 11 is 1.62. The average molecular weight is 228 g/mol. The summed E-state index contributed by atoms with van der Waals surface area (Å²) in [6, 6.07) is 0. The molecule has 0 aromatic carbocycles. The van der Waals surface area contributed by atoms with Crippen molar-refractivity contribution in [3.63, 3.8) is 0 Å². The lowest BCUT2D eigenvalue weighted by Crippen LogP contribution is -2.11. The molecule has 0 saturated heterocycles. The maximum absolute atomic E-state index is 11.8. The van der Waals surface area contributed by atoms with E-state index in [9.17, 15) is 4.79 Å². The lowest BCUT2D eigenvalue weighted by Gasteiger charge is -2.06. The Morgan fingerprint density at radius 2 is 2.33 bits per heavy atom. The van der Waals surface area contributed by atoms with Gasteiger partial charge in [-0.25, -0.2) is 0 Å². The standard InChI is InChI=1S/C10H16N2O2S/c1-7(2)15-6-8(13)10-9(14-4)5-11-12(10)3/h5,7H,6H2,1-4H3. The van der Waals surface area contributed by atoms with Crippen molar-refractivity contribution in [2.45, 2.75) is 19.1 Å². The first-order valence-electron chi connectivity index (χ1n) is 4.77. The second-order valence-corrected chi connectivity index (χ2v) is 5.03. The van der Waals surface area contributed by atoms with Crippen molar-refractivity contribution in [2.24, 2.45) is 7.05 Å². The number of hydrogen-bond donors (Lipinski definition) is 0. The third kappa shape index (κ3) is 2.99. The maximum Gasteiger partial charge on any atom is 0.194 e. The van der Waals surface area contributed by atoms with Crippen LogP contribution in [0.1, 0.15) is 24.3 Å². The van der Waals surface area contributed by atoms with Crippen molar-refractivity contribution in [2.75, 3.05) is 12.9 Å². The lowest BCUT2D eigenvalue weighted by molar-refractivity contribution is 0.101. The van der Waals surface area contributed by atoms with Gasteiger partial charge in [0.15, 0.2) is 11.5 Å². The molecule has 0 N–H and O–H groups in total. The summed E-state index contributed by atoms with van der Waals surface area (Å²) in [5, 5.41) is 4.45. The first-order chi connectivity index (χ1) is 7.06. The minimum Gasteiger partial charge on any atom is -0.493 e. The predicted molar refractivity (Wildman–Crippen MR) is 61.7 cm³/mol. The zero-order valence-corrected chi connectivity index (χ0v) is 10.3. The van der Waals surface area contributed by atoms with Crippen molar-refractivity contribution >= 4 is 17.5 Å². The molecule has 15 heavy (non-hydrogen) atoms. The zero-order valence-electron chi connectivity index (χ0n) is 9.48. The van der Waals surface area contributed by atoms with Gasteiger partial charge >= 0.3 is 0 Å². The van der Waals surface area contributed by atoms with E-state index in [-0.39, 0.29) is 5.78 Å². The van der Waals surface area contributed by atoms with Crippen LogP contribution in [0.2, 0.25) is 0 Å². The molecule has 0 aliphatic rings. The van der Waals surface area contributed by atoms with Gasteiger partial charge in [0.1, 0.15) is 5.69 Å². The van der Waals surface area contributed by atoms with E-state index in [1.54, 1.807) is 36.8 Å². The highest BCUT2D eigenvalue weighted by Gasteiger charge is 2.17. The number of aryl methyl sites for hydroxylation is 1. The summed E-state index contributed by atoms with van der Waals surface area (Å²) < 4.78 is 6.64. The Bertz CT molecular complexity index is 347. The first-order valence-corrected chi connectivity index (χ1v) is 5.82. The molecular weight excluding hydrogens is 212 g/mol. The Balaban J connectivity index is 2.76. The molecule has 5 heteroatoms. The molecule has 1 aromatic heterocycles. The van der Waals surface area contributed by atoms with Crippen molar-refractivity contribution in [3.05, 3.63) is 11.9 Å². The molecule has 1 rings (SSSR count). The highest BCUT2D eigenvalue weighted by Crippen LogP contribution is 2.20. The molecule has 0 aliphatic heterocycles. The van der Waals surface area contributed by atoms with Crippen molar-refractivity contribution in [3.8, 4) is 5.75 Å². The van der Waals surface area contributed by atoms with Gasteiger partial charge in [-0.15, -0.1) is 0 Å². The van der Waals surface area contributed by atoms with Crippen LogP contribution in [0.25, 0.3) is 0 Å². The monoisotopic (exact) mass is 228 g/mol. The highest BCUT2D eigenvalue weighted by molar-refractivity contribution is 8.00. The molecule has 0 aliphatic carbocycles. The Morgan fingerprint density at radius 1 is 1.67 bits per heavy atom. The Kier molecular flexibility index (Phi) is 4.20. The highest BCUT2D eigenvalue weighted by atomic mass is 32.2. The molecular formula is C10H16N2O2S. The van der Waals surface area contributed by atoms with Gasteiger partial charge < -0.3 is 4.74 Å². The van der Waals surface area contributed by atoms with Crippen LogP contribution in [0.15, 0.2) is 6.20 Å². The van der Waals surface area contributed by atoms with Gasteiger partial charge in [0, 0.05) is 7.05 Å². The number of carbonyl (C=O) groups is 1. The van der Waals surface area contributed by atoms with E-state index in [0.717, 1.165) is 0 Å². The molecule has 0 amide bonds. The van der Waals surface area contributed by atoms with Gasteiger partial charge in [-0.1, -0.05) is 13.8 Å². The van der Waals surface area contributed by atoms with Crippen molar-refractivity contribution < 1.29 is 9.53 Å². The number of Topliss-reactive ketones (excluding diaryl/α,β-unsaturated/α-hetero) is 1. The van der Waals surface area contributed by atoms with Crippen molar-refractivity contribution in [1.29, 1.82) is 0 Å². The quantitative estimate of drug-likeness (QED) is 0.720. The molecule has 84 valence electrons. The van der Waals surface area contributed by atoms with Crippen LogP contribution >= 0.6 is 11.8 Å². The van der Waals surface area contributed by atoms with E-state index in [1.165, 1.54) is 0 Å². The van der Waals surface area contributed by atoms with Crippen LogP contribution in [0.5, 0.6) is 5.75 Å². The third-order valence-electron chi connectivity index (χ3n) is 1.94. The Hall–Kier alpha value is -0.970. The van der Waals surface area contributed by atoms with Crippen LogP contribution in [0.3, 0.4) is 0 Å². The fourth-order valence-electron chi connectivity index (χ4n) is 1.20. The van der Waals surface area contributed by atoms with Gasteiger partial charge in [-0.2, -0.15) is 16.9 Å². The molecule has 4 nitrogen and oxygen atoms in total. The predicted octanol–water partition coefficient (Wildman–Crippen LogP) is 1.75. The smallest absolute Gasteiger partial charge is 0.194 e. The summed E-state index contributed by atoms with van der Waals surface area (Å²) in [7, 11) is 3.29. The molecule has 0 atom stereocenters. The molecule has 0 unspecified atom stereocenters. The second-order valence-electron chi connectivity index (χ2n) is 3.47. The summed E-state index contributed by atoms with van der Waals surface area (Å²) in [6.45, 7) is 4.14. The number of nitrogens with zero attached hydrogens (tertiary/aromatic N) is 2. The number of carbonyl (C=O) groups excluding carboxylic acids is 1. The van der Waals surface area contributed by atoms with Gasteiger partial charge in [0.2, 0.25) is 0 Å². The van der Waals surface area contributed by atoms with Gasteiger partial charge in [-0.3, -0.25) is 9.48 Å². The Morgan fingerprint density at radius 3 is 2.87 bits per heavy atom. The third-order valence-corrected chi connectivity index (χ3v) is 3.03. The van der Waals surface area contributed by atoms with E-state index in [4.69, 9.17) is 4.74 Å². The molecule has 0 saturated carbocycles. The molecule has 0 spiro atoms. The van der Waals surface area contributed by atoms with E-state index >= 15 is 0 Å². The summed E-state index contributed by atoms with van der Waals surface area (Å²) in [5.74, 6) is 1.07. The first kappa shape index (κ1) is 12.1. The average Bonchev–Trinajstić information content (AvgIpc) is 2.56. The maximum atomic E-state index is 11.8. The molecule has 1 aromatic rings. The summed E-state index contributed by atoms with van der Waals surface area (Å²) in [4.78, 5) is 11.8. The van der Waals surface area contributed by atoms with E-state index in [2.05, 4.69) is 18.9 Å². The van der Waals surface area contributed by atoms with E-state index < -0.39 is 0 Å². The largest absolute Gasteiger partial charge is 0.493 e. The Labute approximate surface area is 94.0 Å². The van der Waals surface area contributed by atoms with E-state index in [0.29, 0.717) is 22.4 Å². The van der Waals surface area contributed by atoms with Gasteiger partial charge in [0.05, 0.1) is 19.1 Å². The normalized spacial score (nSPS) is 10.7. The summed E-state index contributed by atoms with van der Waals surface area (Å²) in [5.41, 5.74) is 0.547. The number of hydrogen-bond acceptors (Lipinski definition) is 4.